The second kappa shape index (κ2) is 9.50. The van der Waals surface area contributed by atoms with E-state index < -0.39 is 6.10 Å². The van der Waals surface area contributed by atoms with Gasteiger partial charge < -0.3 is 14.3 Å². The Kier molecular flexibility index (Phi) is 7.35. The first-order valence-electron chi connectivity index (χ1n) is 8.74. The van der Waals surface area contributed by atoms with Crippen molar-refractivity contribution in [3.63, 3.8) is 0 Å². The summed E-state index contributed by atoms with van der Waals surface area (Å²) in [6.45, 7) is 7.31. The summed E-state index contributed by atoms with van der Waals surface area (Å²) >= 11 is 0. The maximum atomic E-state index is 11.7. The van der Waals surface area contributed by atoms with Crippen LogP contribution in [-0.4, -0.2) is 18.5 Å². The number of ether oxygens (including phenoxy) is 2. The van der Waals surface area contributed by atoms with Gasteiger partial charge in [-0.25, -0.2) is 0 Å². The molecule has 2 rings (SSSR count). The number of hydrogen-bond acceptors (Lipinski definition) is 3. The number of benzene rings is 2. The summed E-state index contributed by atoms with van der Waals surface area (Å²) in [6, 6.07) is 19.9. The largest absolute Gasteiger partial charge is 0.370 e. The van der Waals surface area contributed by atoms with E-state index in [1.54, 1.807) is 0 Å². The van der Waals surface area contributed by atoms with Crippen molar-refractivity contribution in [2.45, 2.75) is 52.6 Å². The van der Waals surface area contributed by atoms with Gasteiger partial charge in [-0.15, -0.1) is 0 Å². The third-order valence-electron chi connectivity index (χ3n) is 3.91. The SMILES string of the molecule is CC(C)(C)C[C@@H](OCc1ccccc1)[C@H](C=O)OCc1ccccc1. The van der Waals surface area contributed by atoms with E-state index in [2.05, 4.69) is 20.8 Å². The van der Waals surface area contributed by atoms with E-state index in [0.717, 1.165) is 23.8 Å². The minimum atomic E-state index is -0.580. The zero-order valence-corrected chi connectivity index (χ0v) is 15.4. The Bertz CT molecular complexity index is 617. The average Bonchev–Trinajstić information content (AvgIpc) is 2.60. The summed E-state index contributed by atoms with van der Waals surface area (Å²) in [4.78, 5) is 11.7. The van der Waals surface area contributed by atoms with Gasteiger partial charge in [0.05, 0.1) is 19.3 Å². The molecule has 0 N–H and O–H groups in total. The molecule has 25 heavy (non-hydrogen) atoms. The van der Waals surface area contributed by atoms with Crippen molar-refractivity contribution >= 4 is 6.29 Å². The minimum absolute atomic E-state index is 0.0404. The number of rotatable bonds is 9. The number of carbonyl (C=O) groups excluding carboxylic acids is 1. The molecule has 0 unspecified atom stereocenters. The molecule has 0 saturated carbocycles. The van der Waals surface area contributed by atoms with Gasteiger partial charge in [0.25, 0.3) is 0 Å². The first kappa shape index (κ1) is 19.4. The van der Waals surface area contributed by atoms with Crippen LogP contribution in [0.15, 0.2) is 60.7 Å². The van der Waals surface area contributed by atoms with Gasteiger partial charge in [-0.05, 0) is 23.0 Å². The molecule has 3 heteroatoms. The molecule has 134 valence electrons. The summed E-state index contributed by atoms with van der Waals surface area (Å²) in [7, 11) is 0. The standard InChI is InChI=1S/C22H28O3/c1-22(2,3)14-20(24-16-18-10-6-4-7-11-18)21(15-23)25-17-19-12-8-5-9-13-19/h4-13,15,20-21H,14,16-17H2,1-3H3/t20-,21+/m1/s1. The van der Waals surface area contributed by atoms with E-state index in [1.807, 2.05) is 60.7 Å². The Hall–Kier alpha value is -1.97. The van der Waals surface area contributed by atoms with Crippen LogP contribution in [0.5, 0.6) is 0 Å². The normalized spacial score (nSPS) is 14.0. The lowest BCUT2D eigenvalue weighted by atomic mass is 9.87. The van der Waals surface area contributed by atoms with Gasteiger partial charge in [-0.1, -0.05) is 81.4 Å². The molecular weight excluding hydrogens is 312 g/mol. The maximum Gasteiger partial charge on any atom is 0.151 e. The molecule has 2 aromatic rings. The fourth-order valence-electron chi connectivity index (χ4n) is 2.65. The van der Waals surface area contributed by atoms with Crippen molar-refractivity contribution in [1.29, 1.82) is 0 Å². The molecule has 0 fully saturated rings. The van der Waals surface area contributed by atoms with E-state index in [1.165, 1.54) is 0 Å². The van der Waals surface area contributed by atoms with Crippen molar-refractivity contribution in [2.75, 3.05) is 0 Å². The van der Waals surface area contributed by atoms with Crippen LogP contribution in [-0.2, 0) is 27.5 Å². The molecule has 0 spiro atoms. The monoisotopic (exact) mass is 340 g/mol. The van der Waals surface area contributed by atoms with Crippen molar-refractivity contribution < 1.29 is 14.3 Å². The van der Waals surface area contributed by atoms with Crippen molar-refractivity contribution in [2.24, 2.45) is 5.41 Å². The Morgan fingerprint density at radius 3 is 1.76 bits per heavy atom. The summed E-state index contributed by atoms with van der Waals surface area (Å²) < 4.78 is 12.0. The minimum Gasteiger partial charge on any atom is -0.370 e. The number of aldehydes is 1. The molecule has 0 radical (unpaired) electrons. The third-order valence-corrected chi connectivity index (χ3v) is 3.91. The van der Waals surface area contributed by atoms with Crippen LogP contribution in [0.3, 0.4) is 0 Å². The van der Waals surface area contributed by atoms with Gasteiger partial charge in [0.2, 0.25) is 0 Å². The van der Waals surface area contributed by atoms with Crippen LogP contribution in [0, 0.1) is 5.41 Å². The predicted octanol–water partition coefficient (Wildman–Crippen LogP) is 4.79. The summed E-state index contributed by atoms with van der Waals surface area (Å²) in [6.07, 6.45) is 0.757. The van der Waals surface area contributed by atoms with E-state index in [0.29, 0.717) is 13.2 Å². The van der Waals surface area contributed by atoms with Crippen LogP contribution in [0.4, 0.5) is 0 Å². The molecule has 0 aromatic heterocycles. The fourth-order valence-corrected chi connectivity index (χ4v) is 2.65. The highest BCUT2D eigenvalue weighted by atomic mass is 16.5. The highest BCUT2D eigenvalue weighted by Crippen LogP contribution is 2.26. The Morgan fingerprint density at radius 1 is 0.840 bits per heavy atom. The van der Waals surface area contributed by atoms with Crippen molar-refractivity contribution in [3.05, 3.63) is 71.8 Å². The van der Waals surface area contributed by atoms with Crippen molar-refractivity contribution in [3.8, 4) is 0 Å². The van der Waals surface area contributed by atoms with Crippen LogP contribution < -0.4 is 0 Å². The number of hydrogen-bond donors (Lipinski definition) is 0. The highest BCUT2D eigenvalue weighted by molar-refractivity contribution is 5.57. The molecule has 0 aliphatic carbocycles. The second-order valence-corrected chi connectivity index (χ2v) is 7.50. The lowest BCUT2D eigenvalue weighted by molar-refractivity contribution is -0.136. The average molecular weight is 340 g/mol. The van der Waals surface area contributed by atoms with Crippen LogP contribution >= 0.6 is 0 Å². The Balaban J connectivity index is 2.01. The van der Waals surface area contributed by atoms with Crippen molar-refractivity contribution in [1.82, 2.24) is 0 Å². The molecule has 0 aliphatic rings. The predicted molar refractivity (Wildman–Crippen MR) is 100 cm³/mol. The van der Waals surface area contributed by atoms with Crippen LogP contribution in [0.1, 0.15) is 38.3 Å². The van der Waals surface area contributed by atoms with E-state index in [-0.39, 0.29) is 11.5 Å². The molecule has 0 bridgehead atoms. The summed E-state index contributed by atoms with van der Waals surface area (Å²) in [5, 5.41) is 0. The van der Waals surface area contributed by atoms with Gasteiger partial charge in [-0.2, -0.15) is 0 Å². The van der Waals surface area contributed by atoms with Gasteiger partial charge in [0, 0.05) is 0 Å². The van der Waals surface area contributed by atoms with Gasteiger partial charge in [-0.3, -0.25) is 0 Å². The van der Waals surface area contributed by atoms with Crippen LogP contribution in [0.2, 0.25) is 0 Å². The molecule has 2 aromatic carbocycles. The first-order valence-corrected chi connectivity index (χ1v) is 8.74. The molecule has 0 aliphatic heterocycles. The molecule has 0 heterocycles. The fraction of sp³-hybridized carbons (Fsp3) is 0.409. The van der Waals surface area contributed by atoms with E-state index in [4.69, 9.17) is 9.47 Å². The lowest BCUT2D eigenvalue weighted by Crippen LogP contribution is -2.36. The first-order chi connectivity index (χ1) is 12.0. The smallest absolute Gasteiger partial charge is 0.151 e. The summed E-state index contributed by atoms with van der Waals surface area (Å²) in [5.74, 6) is 0. The zero-order chi connectivity index (χ0) is 18.1. The molecule has 0 saturated heterocycles. The Morgan fingerprint density at radius 2 is 1.32 bits per heavy atom. The highest BCUT2D eigenvalue weighted by Gasteiger charge is 2.28. The quantitative estimate of drug-likeness (QED) is 0.616. The van der Waals surface area contributed by atoms with Gasteiger partial charge in [0.15, 0.2) is 6.29 Å². The molecular formula is C22H28O3. The van der Waals surface area contributed by atoms with E-state index >= 15 is 0 Å². The lowest BCUT2D eigenvalue weighted by Gasteiger charge is -2.30. The summed E-state index contributed by atoms with van der Waals surface area (Å²) in [5.41, 5.74) is 2.18. The van der Waals surface area contributed by atoms with Crippen LogP contribution in [0.25, 0.3) is 0 Å². The van der Waals surface area contributed by atoms with Gasteiger partial charge >= 0.3 is 0 Å². The second-order valence-electron chi connectivity index (χ2n) is 7.50. The third kappa shape index (κ3) is 7.20. The molecule has 3 nitrogen and oxygen atoms in total. The maximum absolute atomic E-state index is 11.7. The molecule has 0 amide bonds. The van der Waals surface area contributed by atoms with Gasteiger partial charge in [0.1, 0.15) is 6.10 Å². The Labute approximate surface area is 151 Å². The van der Waals surface area contributed by atoms with E-state index in [9.17, 15) is 4.79 Å². The number of carbonyl (C=O) groups is 1. The zero-order valence-electron chi connectivity index (χ0n) is 15.4. The topological polar surface area (TPSA) is 35.5 Å². The molecule has 2 atom stereocenters.